The van der Waals surface area contributed by atoms with Gasteiger partial charge in [0.25, 0.3) is 5.91 Å². The van der Waals surface area contributed by atoms with E-state index in [1.165, 1.54) is 5.56 Å². The molecule has 3 aromatic carbocycles. The van der Waals surface area contributed by atoms with E-state index in [9.17, 15) is 4.79 Å². The molecule has 0 spiro atoms. The predicted octanol–water partition coefficient (Wildman–Crippen LogP) is 5.90. The quantitative estimate of drug-likeness (QED) is 0.243. The molecular formula is C29H32ClN3O3. The van der Waals surface area contributed by atoms with Gasteiger partial charge in [0.2, 0.25) is 0 Å². The highest BCUT2D eigenvalue weighted by Gasteiger charge is 2.11. The van der Waals surface area contributed by atoms with Crippen LogP contribution in [0.25, 0.3) is 11.0 Å². The summed E-state index contributed by atoms with van der Waals surface area (Å²) < 4.78 is 13.8. The molecule has 1 heterocycles. The maximum Gasteiger partial charge on any atom is 0.257 e. The number of carbonyl (C=O) groups excluding carboxylic acids is 1. The fourth-order valence-electron chi connectivity index (χ4n) is 4.04. The molecule has 0 bridgehead atoms. The van der Waals surface area contributed by atoms with Crippen molar-refractivity contribution in [2.45, 2.75) is 39.7 Å². The standard InChI is InChI=1S/C29H32ClN3O3/c1-21-10-11-22(2)27(19-21)35-18-6-17-33-26-8-4-3-7-25(26)32-28(33)9-5-16-31-29(34)20-36-24-14-12-23(30)13-15-24/h3-4,7-8,10-15,19H,5-6,9,16-18,20H2,1-2H3,(H,31,34). The molecule has 0 fully saturated rings. The van der Waals surface area contributed by atoms with Crippen LogP contribution in [0.5, 0.6) is 11.5 Å². The number of nitrogens with zero attached hydrogens (tertiary/aromatic N) is 2. The van der Waals surface area contributed by atoms with Gasteiger partial charge in [0.05, 0.1) is 17.6 Å². The van der Waals surface area contributed by atoms with Gasteiger partial charge < -0.3 is 19.4 Å². The number of nitrogens with one attached hydrogen (secondary N) is 1. The van der Waals surface area contributed by atoms with Gasteiger partial charge in [-0.15, -0.1) is 0 Å². The minimum Gasteiger partial charge on any atom is -0.493 e. The van der Waals surface area contributed by atoms with Crippen molar-refractivity contribution < 1.29 is 14.3 Å². The molecule has 4 rings (SSSR count). The van der Waals surface area contributed by atoms with Gasteiger partial charge >= 0.3 is 0 Å². The van der Waals surface area contributed by atoms with E-state index in [0.717, 1.165) is 54.0 Å². The number of rotatable bonds is 12. The molecule has 0 aliphatic heterocycles. The topological polar surface area (TPSA) is 65.4 Å². The Labute approximate surface area is 217 Å². The number of amides is 1. The second-order valence-corrected chi connectivity index (χ2v) is 9.27. The number of halogens is 1. The molecule has 4 aromatic rings. The van der Waals surface area contributed by atoms with E-state index < -0.39 is 0 Å². The second-order valence-electron chi connectivity index (χ2n) is 8.84. The van der Waals surface area contributed by atoms with E-state index in [2.05, 4.69) is 48.0 Å². The van der Waals surface area contributed by atoms with Crippen LogP contribution in [0.15, 0.2) is 66.7 Å². The Balaban J connectivity index is 1.26. The molecule has 6 nitrogen and oxygen atoms in total. The predicted molar refractivity (Wildman–Crippen MR) is 144 cm³/mol. The second kappa shape index (κ2) is 12.5. The summed E-state index contributed by atoms with van der Waals surface area (Å²) >= 11 is 5.87. The molecule has 188 valence electrons. The first kappa shape index (κ1) is 25.6. The molecular weight excluding hydrogens is 474 g/mol. The number of ether oxygens (including phenoxy) is 2. The van der Waals surface area contributed by atoms with Crippen LogP contribution in [-0.4, -0.2) is 35.2 Å². The van der Waals surface area contributed by atoms with E-state index >= 15 is 0 Å². The third-order valence-corrected chi connectivity index (χ3v) is 6.20. The highest BCUT2D eigenvalue weighted by Crippen LogP contribution is 2.21. The zero-order valence-corrected chi connectivity index (χ0v) is 21.6. The van der Waals surface area contributed by atoms with Crippen molar-refractivity contribution in [1.82, 2.24) is 14.9 Å². The third-order valence-electron chi connectivity index (χ3n) is 5.94. The molecule has 36 heavy (non-hydrogen) atoms. The summed E-state index contributed by atoms with van der Waals surface area (Å²) in [6.07, 6.45) is 2.43. The van der Waals surface area contributed by atoms with Crippen LogP contribution in [-0.2, 0) is 17.8 Å². The molecule has 0 aliphatic carbocycles. The van der Waals surface area contributed by atoms with E-state index in [0.29, 0.717) is 23.9 Å². The van der Waals surface area contributed by atoms with Gasteiger partial charge in [-0.3, -0.25) is 4.79 Å². The molecule has 0 saturated carbocycles. The normalized spacial score (nSPS) is 11.0. The van der Waals surface area contributed by atoms with E-state index in [4.69, 9.17) is 26.1 Å². The van der Waals surface area contributed by atoms with Gasteiger partial charge in [-0.1, -0.05) is 35.9 Å². The van der Waals surface area contributed by atoms with Gasteiger partial charge in [0.15, 0.2) is 6.61 Å². The first-order valence-corrected chi connectivity index (χ1v) is 12.7. The van der Waals surface area contributed by atoms with Gasteiger partial charge in [-0.05, 0) is 80.3 Å². The highest BCUT2D eigenvalue weighted by molar-refractivity contribution is 6.30. The Morgan fingerprint density at radius 1 is 1.00 bits per heavy atom. The maximum absolute atomic E-state index is 12.1. The van der Waals surface area contributed by atoms with Crippen molar-refractivity contribution in [3.05, 3.63) is 88.7 Å². The minimum atomic E-state index is -0.151. The van der Waals surface area contributed by atoms with Crippen molar-refractivity contribution in [3.8, 4) is 11.5 Å². The van der Waals surface area contributed by atoms with E-state index in [1.54, 1.807) is 24.3 Å². The zero-order valence-electron chi connectivity index (χ0n) is 20.8. The molecule has 1 N–H and O–H groups in total. The first-order chi connectivity index (χ1) is 17.5. The average Bonchev–Trinajstić information content (AvgIpc) is 3.23. The molecule has 0 saturated heterocycles. The summed E-state index contributed by atoms with van der Waals surface area (Å²) in [6, 6.07) is 21.4. The summed E-state index contributed by atoms with van der Waals surface area (Å²) in [5.74, 6) is 2.43. The molecule has 0 radical (unpaired) electrons. The lowest BCUT2D eigenvalue weighted by Gasteiger charge is -2.12. The smallest absolute Gasteiger partial charge is 0.257 e. The Morgan fingerprint density at radius 3 is 2.64 bits per heavy atom. The Morgan fingerprint density at radius 2 is 1.81 bits per heavy atom. The van der Waals surface area contributed by atoms with Crippen molar-refractivity contribution in [1.29, 1.82) is 0 Å². The fraction of sp³-hybridized carbons (Fsp3) is 0.310. The van der Waals surface area contributed by atoms with Gasteiger partial charge in [0, 0.05) is 24.5 Å². The van der Waals surface area contributed by atoms with E-state index in [1.807, 2.05) is 18.2 Å². The lowest BCUT2D eigenvalue weighted by Crippen LogP contribution is -2.30. The van der Waals surface area contributed by atoms with Crippen LogP contribution < -0.4 is 14.8 Å². The molecule has 0 aliphatic rings. The molecule has 1 aromatic heterocycles. The number of aryl methyl sites for hydroxylation is 4. The van der Waals surface area contributed by atoms with Crippen LogP contribution >= 0.6 is 11.6 Å². The van der Waals surface area contributed by atoms with Crippen LogP contribution in [0.1, 0.15) is 29.8 Å². The lowest BCUT2D eigenvalue weighted by atomic mass is 10.1. The summed E-state index contributed by atoms with van der Waals surface area (Å²) in [6.45, 7) is 6.13. The Kier molecular flexibility index (Phi) is 8.85. The van der Waals surface area contributed by atoms with Crippen molar-refractivity contribution >= 4 is 28.5 Å². The molecule has 7 heteroatoms. The number of aromatic nitrogens is 2. The minimum absolute atomic E-state index is 0.0272. The lowest BCUT2D eigenvalue weighted by molar-refractivity contribution is -0.123. The van der Waals surface area contributed by atoms with E-state index in [-0.39, 0.29) is 12.5 Å². The van der Waals surface area contributed by atoms with Crippen molar-refractivity contribution in [2.75, 3.05) is 19.8 Å². The highest BCUT2D eigenvalue weighted by atomic mass is 35.5. The maximum atomic E-state index is 12.1. The van der Waals surface area contributed by atoms with Crippen molar-refractivity contribution in [2.24, 2.45) is 0 Å². The number of carbonyl (C=O) groups is 1. The number of hydrogen-bond acceptors (Lipinski definition) is 4. The number of imidazole rings is 1. The third kappa shape index (κ3) is 7.01. The summed E-state index contributed by atoms with van der Waals surface area (Å²) in [5.41, 5.74) is 4.46. The summed E-state index contributed by atoms with van der Waals surface area (Å²) in [5, 5.41) is 3.55. The number of fused-ring (bicyclic) bond motifs is 1. The van der Waals surface area contributed by atoms with Gasteiger partial charge in [-0.25, -0.2) is 4.98 Å². The molecule has 1 amide bonds. The molecule has 0 atom stereocenters. The summed E-state index contributed by atoms with van der Waals surface area (Å²) in [7, 11) is 0. The Hall–Kier alpha value is -3.51. The average molecular weight is 506 g/mol. The number of para-hydroxylation sites is 2. The monoisotopic (exact) mass is 505 g/mol. The van der Waals surface area contributed by atoms with Crippen LogP contribution in [0.3, 0.4) is 0 Å². The van der Waals surface area contributed by atoms with Crippen LogP contribution in [0.2, 0.25) is 5.02 Å². The van der Waals surface area contributed by atoms with Crippen molar-refractivity contribution in [3.63, 3.8) is 0 Å². The van der Waals surface area contributed by atoms with Crippen LogP contribution in [0.4, 0.5) is 0 Å². The van der Waals surface area contributed by atoms with Crippen LogP contribution in [0, 0.1) is 13.8 Å². The largest absolute Gasteiger partial charge is 0.493 e. The number of benzene rings is 3. The van der Waals surface area contributed by atoms with Gasteiger partial charge in [0.1, 0.15) is 17.3 Å². The summed E-state index contributed by atoms with van der Waals surface area (Å²) in [4.78, 5) is 17.0. The van der Waals surface area contributed by atoms with Gasteiger partial charge in [-0.2, -0.15) is 0 Å². The number of hydrogen-bond donors (Lipinski definition) is 1. The Bertz CT molecular complexity index is 1300. The zero-order chi connectivity index (χ0) is 25.3. The molecule has 0 unspecified atom stereocenters. The first-order valence-electron chi connectivity index (χ1n) is 12.3. The fourth-order valence-corrected chi connectivity index (χ4v) is 4.16. The SMILES string of the molecule is Cc1ccc(C)c(OCCCn2c(CCCNC(=O)COc3ccc(Cl)cc3)nc3ccccc32)c1.